The van der Waals surface area contributed by atoms with Gasteiger partial charge in [0.05, 0.1) is 26.4 Å². The van der Waals surface area contributed by atoms with Crippen LogP contribution in [0.25, 0.3) is 0 Å². The van der Waals surface area contributed by atoms with Crippen molar-refractivity contribution in [3.05, 3.63) is 29.8 Å². The van der Waals surface area contributed by atoms with Crippen LogP contribution in [0.3, 0.4) is 0 Å². The van der Waals surface area contributed by atoms with Crippen molar-refractivity contribution in [2.24, 2.45) is 5.92 Å². The van der Waals surface area contributed by atoms with Gasteiger partial charge in [-0.05, 0) is 12.0 Å². The average Bonchev–Trinajstić information content (AvgIpc) is 2.56. The first-order valence-electron chi connectivity index (χ1n) is 8.91. The Kier molecular flexibility index (Phi) is 7.99. The molecular weight excluding hydrogens is 304 g/mol. The van der Waals surface area contributed by atoms with Gasteiger partial charge in [0.25, 0.3) is 0 Å². The van der Waals surface area contributed by atoms with Crippen LogP contribution in [0.15, 0.2) is 24.3 Å². The van der Waals surface area contributed by atoms with Gasteiger partial charge in [0.1, 0.15) is 5.75 Å². The molecule has 2 rings (SSSR count). The van der Waals surface area contributed by atoms with E-state index in [0.717, 1.165) is 37.5 Å². The van der Waals surface area contributed by atoms with Crippen LogP contribution in [-0.2, 0) is 11.3 Å². The zero-order chi connectivity index (χ0) is 17.4. The molecule has 0 amide bonds. The van der Waals surface area contributed by atoms with Crippen molar-refractivity contribution in [2.75, 3.05) is 53.0 Å². The van der Waals surface area contributed by atoms with Gasteiger partial charge in [-0.2, -0.15) is 0 Å². The van der Waals surface area contributed by atoms with Crippen LogP contribution in [0.5, 0.6) is 5.75 Å². The van der Waals surface area contributed by atoms with Crippen LogP contribution in [0.2, 0.25) is 0 Å². The Balaban J connectivity index is 1.64. The number of hydrogen-bond acceptors (Lipinski definition) is 5. The lowest BCUT2D eigenvalue weighted by molar-refractivity contribution is 0.000361. The summed E-state index contributed by atoms with van der Waals surface area (Å²) in [6.07, 6.45) is -0.448. The van der Waals surface area contributed by atoms with E-state index in [1.807, 2.05) is 24.3 Å². The topological polar surface area (TPSA) is 45.2 Å². The molecule has 136 valence electrons. The average molecular weight is 336 g/mol. The maximum atomic E-state index is 10.2. The first-order valence-corrected chi connectivity index (χ1v) is 8.91. The molecule has 1 aliphatic heterocycles. The number of para-hydroxylation sites is 1. The molecule has 5 nitrogen and oxygen atoms in total. The first kappa shape index (κ1) is 19.2. The van der Waals surface area contributed by atoms with Crippen molar-refractivity contribution in [3.63, 3.8) is 0 Å². The largest absolute Gasteiger partial charge is 0.496 e. The number of rotatable bonds is 9. The normalized spacial score (nSPS) is 18.0. The summed E-state index contributed by atoms with van der Waals surface area (Å²) >= 11 is 0. The molecule has 1 heterocycles. The molecule has 1 atom stereocenters. The van der Waals surface area contributed by atoms with Gasteiger partial charge in [-0.15, -0.1) is 0 Å². The zero-order valence-electron chi connectivity index (χ0n) is 15.3. The Morgan fingerprint density at radius 1 is 1.04 bits per heavy atom. The highest BCUT2D eigenvalue weighted by Crippen LogP contribution is 2.18. The molecule has 1 unspecified atom stereocenters. The third-order valence-corrected chi connectivity index (χ3v) is 4.32. The van der Waals surface area contributed by atoms with Gasteiger partial charge < -0.3 is 19.5 Å². The van der Waals surface area contributed by atoms with E-state index in [2.05, 4.69) is 23.6 Å². The van der Waals surface area contributed by atoms with Crippen LogP contribution in [0, 0.1) is 5.92 Å². The van der Waals surface area contributed by atoms with Crippen LogP contribution in [0.1, 0.15) is 19.4 Å². The van der Waals surface area contributed by atoms with E-state index in [1.165, 1.54) is 6.54 Å². The van der Waals surface area contributed by atoms with Crippen molar-refractivity contribution in [1.29, 1.82) is 0 Å². The lowest BCUT2D eigenvalue weighted by Crippen LogP contribution is -2.49. The highest BCUT2D eigenvalue weighted by molar-refractivity contribution is 5.32. The van der Waals surface area contributed by atoms with Crippen molar-refractivity contribution >= 4 is 0 Å². The third kappa shape index (κ3) is 6.40. The molecule has 0 aliphatic carbocycles. The molecule has 0 aromatic heterocycles. The first-order chi connectivity index (χ1) is 11.6. The Hall–Kier alpha value is -1.14. The minimum absolute atomic E-state index is 0.351. The molecule has 24 heavy (non-hydrogen) atoms. The predicted octanol–water partition coefficient (Wildman–Crippen LogP) is 1.85. The quantitative estimate of drug-likeness (QED) is 0.746. The second-order valence-corrected chi connectivity index (χ2v) is 6.98. The van der Waals surface area contributed by atoms with Crippen LogP contribution in [-0.4, -0.2) is 74.0 Å². The van der Waals surface area contributed by atoms with E-state index < -0.39 is 6.10 Å². The number of aliphatic hydroxyl groups excluding tert-OH is 1. The number of methoxy groups -OCH3 is 1. The maximum Gasteiger partial charge on any atom is 0.124 e. The van der Waals surface area contributed by atoms with Gasteiger partial charge in [0, 0.05) is 44.8 Å². The summed E-state index contributed by atoms with van der Waals surface area (Å²) in [5, 5.41) is 10.2. The Morgan fingerprint density at radius 3 is 2.29 bits per heavy atom. The van der Waals surface area contributed by atoms with E-state index >= 15 is 0 Å². The second-order valence-electron chi connectivity index (χ2n) is 6.98. The fourth-order valence-corrected chi connectivity index (χ4v) is 3.15. The number of benzene rings is 1. The van der Waals surface area contributed by atoms with Crippen molar-refractivity contribution in [2.45, 2.75) is 26.6 Å². The van der Waals surface area contributed by atoms with Crippen LogP contribution >= 0.6 is 0 Å². The maximum absolute atomic E-state index is 10.2. The SMILES string of the molecule is COc1ccccc1COCC(O)CN1CCN(CC(C)C)CC1. The predicted molar refractivity (Wildman–Crippen MR) is 96.4 cm³/mol. The zero-order valence-corrected chi connectivity index (χ0v) is 15.3. The van der Waals surface area contributed by atoms with Crippen molar-refractivity contribution < 1.29 is 14.6 Å². The van der Waals surface area contributed by atoms with E-state index in [1.54, 1.807) is 7.11 Å². The molecule has 1 saturated heterocycles. The van der Waals surface area contributed by atoms with E-state index in [9.17, 15) is 5.11 Å². The van der Waals surface area contributed by atoms with E-state index in [-0.39, 0.29) is 0 Å². The molecule has 1 aromatic rings. The smallest absolute Gasteiger partial charge is 0.124 e. The molecule has 5 heteroatoms. The number of piperazine rings is 1. The third-order valence-electron chi connectivity index (χ3n) is 4.32. The minimum Gasteiger partial charge on any atom is -0.496 e. The molecule has 0 radical (unpaired) electrons. The molecule has 0 saturated carbocycles. The monoisotopic (exact) mass is 336 g/mol. The van der Waals surface area contributed by atoms with E-state index in [4.69, 9.17) is 9.47 Å². The Bertz CT molecular complexity index is 473. The molecule has 1 aliphatic rings. The summed E-state index contributed by atoms with van der Waals surface area (Å²) in [5.41, 5.74) is 1.01. The fourth-order valence-electron chi connectivity index (χ4n) is 3.15. The van der Waals surface area contributed by atoms with Gasteiger partial charge >= 0.3 is 0 Å². The summed E-state index contributed by atoms with van der Waals surface area (Å²) in [6, 6.07) is 7.81. The molecule has 1 aromatic carbocycles. The molecule has 1 N–H and O–H groups in total. The Labute approximate surface area is 146 Å². The van der Waals surface area contributed by atoms with Crippen LogP contribution in [0.4, 0.5) is 0 Å². The molecular formula is C19H32N2O3. The summed E-state index contributed by atoms with van der Waals surface area (Å²) in [7, 11) is 1.66. The Morgan fingerprint density at radius 2 is 1.67 bits per heavy atom. The number of aliphatic hydroxyl groups is 1. The highest BCUT2D eigenvalue weighted by atomic mass is 16.5. The lowest BCUT2D eigenvalue weighted by Gasteiger charge is -2.36. The van der Waals surface area contributed by atoms with Crippen molar-refractivity contribution in [3.8, 4) is 5.75 Å². The number of β-amino-alcohol motifs (C(OH)–C–C–N with tert-alkyl or cyclic N) is 1. The number of hydrogen-bond donors (Lipinski definition) is 1. The van der Waals surface area contributed by atoms with Gasteiger partial charge in [-0.1, -0.05) is 32.0 Å². The minimum atomic E-state index is -0.448. The molecule has 1 fully saturated rings. The van der Waals surface area contributed by atoms with Gasteiger partial charge in [0.2, 0.25) is 0 Å². The number of nitrogens with zero attached hydrogens (tertiary/aromatic N) is 2. The molecule has 0 bridgehead atoms. The van der Waals surface area contributed by atoms with E-state index in [0.29, 0.717) is 25.7 Å². The summed E-state index contributed by atoms with van der Waals surface area (Å²) in [5.74, 6) is 1.54. The van der Waals surface area contributed by atoms with Gasteiger partial charge in [-0.3, -0.25) is 4.90 Å². The summed E-state index contributed by atoms with van der Waals surface area (Å²) < 4.78 is 11.0. The fraction of sp³-hybridized carbons (Fsp3) is 0.684. The summed E-state index contributed by atoms with van der Waals surface area (Å²) in [6.45, 7) is 11.4. The second kappa shape index (κ2) is 9.99. The molecule has 0 spiro atoms. The van der Waals surface area contributed by atoms with Crippen LogP contribution < -0.4 is 4.74 Å². The van der Waals surface area contributed by atoms with Gasteiger partial charge in [-0.25, -0.2) is 0 Å². The summed E-state index contributed by atoms with van der Waals surface area (Å²) in [4.78, 5) is 4.83. The van der Waals surface area contributed by atoms with Gasteiger partial charge in [0.15, 0.2) is 0 Å². The van der Waals surface area contributed by atoms with Crippen molar-refractivity contribution in [1.82, 2.24) is 9.80 Å². The highest BCUT2D eigenvalue weighted by Gasteiger charge is 2.19. The number of ether oxygens (including phenoxy) is 2. The standard InChI is InChI=1S/C19H32N2O3/c1-16(2)12-20-8-10-21(11-9-20)13-18(22)15-24-14-17-6-4-5-7-19(17)23-3/h4-7,16,18,22H,8-15H2,1-3H3. The lowest BCUT2D eigenvalue weighted by atomic mass is 10.2.